The zero-order valence-corrected chi connectivity index (χ0v) is 25.5. The van der Waals surface area contributed by atoms with E-state index in [1.54, 1.807) is 12.3 Å². The first kappa shape index (κ1) is 34.9. The minimum Gasteiger partial charge on any atom is -0.504 e. The molecule has 3 rings (SSSR count). The molecular formula is C32H43N3O8. The van der Waals surface area contributed by atoms with Crippen LogP contribution in [0.25, 0.3) is 12.2 Å². The van der Waals surface area contributed by atoms with Gasteiger partial charge in [-0.25, -0.2) is 4.98 Å². The molecule has 0 bridgehead atoms. The van der Waals surface area contributed by atoms with Crippen LogP contribution in [-0.4, -0.2) is 64.6 Å². The van der Waals surface area contributed by atoms with Crippen LogP contribution >= 0.6 is 0 Å². The molecule has 11 heteroatoms. The van der Waals surface area contributed by atoms with Gasteiger partial charge in [0.1, 0.15) is 11.4 Å². The van der Waals surface area contributed by atoms with E-state index in [4.69, 9.17) is 15.3 Å². The summed E-state index contributed by atoms with van der Waals surface area (Å²) in [4.78, 5) is 19.2. The number of anilines is 1. The smallest absolute Gasteiger partial charge is 0.278 e. The molecule has 0 saturated heterocycles. The van der Waals surface area contributed by atoms with Gasteiger partial charge >= 0.3 is 0 Å². The lowest BCUT2D eigenvalue weighted by molar-refractivity contribution is -0.324. The molecule has 2 aromatic rings. The SMILES string of the molecule is C/C=C(C(/C=c1/cc(NC(=O)c2c(O)c(O)c(C)c(O)c2O)nc/c1=C\CC)=C/C)\N(C)/C=C/CC.OC(O)(O)C1CC1. The highest BCUT2D eigenvalue weighted by Gasteiger charge is 2.40. The second-order valence-electron chi connectivity index (χ2n) is 10.1. The molecule has 234 valence electrons. The van der Waals surface area contributed by atoms with Crippen LogP contribution in [0.2, 0.25) is 0 Å². The van der Waals surface area contributed by atoms with Crippen molar-refractivity contribution in [2.75, 3.05) is 12.4 Å². The number of phenolic OH excluding ortho intramolecular Hbond substituents is 4. The third kappa shape index (κ3) is 9.08. The van der Waals surface area contributed by atoms with Gasteiger partial charge < -0.3 is 46.0 Å². The van der Waals surface area contributed by atoms with Crippen molar-refractivity contribution in [1.82, 2.24) is 9.88 Å². The van der Waals surface area contributed by atoms with Gasteiger partial charge in [-0.3, -0.25) is 4.79 Å². The monoisotopic (exact) mass is 597 g/mol. The number of amides is 1. The zero-order chi connectivity index (χ0) is 32.5. The molecule has 1 heterocycles. The van der Waals surface area contributed by atoms with Crippen molar-refractivity contribution in [3.63, 3.8) is 0 Å². The molecule has 11 nitrogen and oxygen atoms in total. The quantitative estimate of drug-likeness (QED) is 0.0923. The Hall–Kier alpha value is -4.32. The average Bonchev–Trinajstić information content (AvgIpc) is 3.82. The molecule has 0 atom stereocenters. The highest BCUT2D eigenvalue weighted by molar-refractivity contribution is 6.09. The average molecular weight is 598 g/mol. The lowest BCUT2D eigenvalue weighted by atomic mass is 10.1. The van der Waals surface area contributed by atoms with E-state index in [1.165, 1.54) is 6.92 Å². The molecule has 1 aromatic carbocycles. The van der Waals surface area contributed by atoms with Crippen molar-refractivity contribution in [1.29, 1.82) is 0 Å². The number of aromatic hydroxyl groups is 4. The van der Waals surface area contributed by atoms with Gasteiger partial charge in [0.25, 0.3) is 11.9 Å². The Morgan fingerprint density at radius 1 is 1.00 bits per heavy atom. The van der Waals surface area contributed by atoms with Crippen molar-refractivity contribution in [2.45, 2.75) is 66.3 Å². The molecule has 8 N–H and O–H groups in total. The Morgan fingerprint density at radius 2 is 1.60 bits per heavy atom. The maximum Gasteiger partial charge on any atom is 0.278 e. The highest BCUT2D eigenvalue weighted by atomic mass is 16.7. The molecule has 1 amide bonds. The van der Waals surface area contributed by atoms with Gasteiger partial charge in [0.2, 0.25) is 0 Å². The summed E-state index contributed by atoms with van der Waals surface area (Å²) in [6, 6.07) is 1.68. The fourth-order valence-electron chi connectivity index (χ4n) is 4.14. The van der Waals surface area contributed by atoms with Gasteiger partial charge in [0.15, 0.2) is 23.0 Å². The molecule has 1 aliphatic carbocycles. The van der Waals surface area contributed by atoms with Gasteiger partial charge in [-0.15, -0.1) is 0 Å². The highest BCUT2D eigenvalue weighted by Crippen LogP contribution is 2.45. The van der Waals surface area contributed by atoms with Gasteiger partial charge in [-0.1, -0.05) is 38.2 Å². The summed E-state index contributed by atoms with van der Waals surface area (Å²) >= 11 is 0. The number of phenols is 4. The molecule has 1 aromatic heterocycles. The van der Waals surface area contributed by atoms with E-state index in [-0.39, 0.29) is 17.3 Å². The number of nitrogens with zero attached hydrogens (tertiary/aromatic N) is 2. The summed E-state index contributed by atoms with van der Waals surface area (Å²) in [6.07, 6.45) is 16.9. The maximum atomic E-state index is 12.9. The Labute approximate surface area is 251 Å². The zero-order valence-electron chi connectivity index (χ0n) is 25.5. The molecular weight excluding hydrogens is 554 g/mol. The molecule has 43 heavy (non-hydrogen) atoms. The number of benzene rings is 1. The van der Waals surface area contributed by atoms with E-state index in [9.17, 15) is 25.2 Å². The van der Waals surface area contributed by atoms with Crippen molar-refractivity contribution in [3.05, 3.63) is 69.5 Å². The molecule has 1 fully saturated rings. The summed E-state index contributed by atoms with van der Waals surface area (Å²) in [5.41, 5.74) is 1.15. The van der Waals surface area contributed by atoms with Crippen LogP contribution in [0.15, 0.2) is 48.0 Å². The number of aliphatic hydroxyl groups is 3. The number of aromatic nitrogens is 1. The number of carbonyl (C=O) groups excluding carboxylic acids is 1. The number of hydrogen-bond acceptors (Lipinski definition) is 10. The normalized spacial score (nSPS) is 15.0. The summed E-state index contributed by atoms with van der Waals surface area (Å²) in [5.74, 6) is -6.50. The predicted octanol–water partition coefficient (Wildman–Crippen LogP) is 3.17. The van der Waals surface area contributed by atoms with Crippen molar-refractivity contribution >= 4 is 23.9 Å². The minimum absolute atomic E-state index is 0.145. The first-order chi connectivity index (χ1) is 20.2. The molecule has 0 aliphatic heterocycles. The largest absolute Gasteiger partial charge is 0.504 e. The third-order valence-electron chi connectivity index (χ3n) is 6.75. The fraction of sp³-hybridized carbons (Fsp3) is 0.375. The van der Waals surface area contributed by atoms with E-state index >= 15 is 0 Å². The van der Waals surface area contributed by atoms with Crippen LogP contribution in [0, 0.1) is 12.8 Å². The number of hydrogen-bond donors (Lipinski definition) is 8. The molecule has 0 unspecified atom stereocenters. The summed E-state index contributed by atoms with van der Waals surface area (Å²) in [5, 5.41) is 69.4. The number of nitrogens with one attached hydrogen (secondary N) is 1. The van der Waals surface area contributed by atoms with Crippen LogP contribution in [0.4, 0.5) is 5.82 Å². The Balaban J connectivity index is 0.000000804. The predicted molar refractivity (Wildman–Crippen MR) is 165 cm³/mol. The van der Waals surface area contributed by atoms with Crippen molar-refractivity contribution in [2.24, 2.45) is 5.92 Å². The van der Waals surface area contributed by atoms with Gasteiger partial charge in [-0.05, 0) is 80.8 Å². The molecule has 0 radical (unpaired) electrons. The maximum absolute atomic E-state index is 12.9. The summed E-state index contributed by atoms with van der Waals surface area (Å²) in [6.45, 7) is 9.29. The lowest BCUT2D eigenvalue weighted by Crippen LogP contribution is -2.29. The van der Waals surface area contributed by atoms with E-state index in [2.05, 4.69) is 23.3 Å². The van der Waals surface area contributed by atoms with E-state index in [1.807, 2.05) is 63.2 Å². The first-order valence-electron chi connectivity index (χ1n) is 14.1. The number of rotatable bonds is 9. The van der Waals surface area contributed by atoms with E-state index in [0.717, 1.165) is 47.4 Å². The number of pyridine rings is 1. The third-order valence-corrected chi connectivity index (χ3v) is 6.75. The number of likely N-dealkylation sites (N-methyl/N-ethyl adjacent to an activating group) is 1. The van der Waals surface area contributed by atoms with Crippen LogP contribution < -0.4 is 15.8 Å². The minimum atomic E-state index is -2.39. The van der Waals surface area contributed by atoms with Crippen molar-refractivity contribution in [3.8, 4) is 23.0 Å². The lowest BCUT2D eigenvalue weighted by Gasteiger charge is -2.19. The topological polar surface area (TPSA) is 187 Å². The molecule has 1 saturated carbocycles. The Bertz CT molecular complexity index is 1490. The van der Waals surface area contributed by atoms with Gasteiger partial charge in [0, 0.05) is 30.4 Å². The van der Waals surface area contributed by atoms with Gasteiger partial charge in [-0.2, -0.15) is 0 Å². The van der Waals surface area contributed by atoms with Crippen LogP contribution in [0.5, 0.6) is 23.0 Å². The second-order valence-corrected chi connectivity index (χ2v) is 10.1. The van der Waals surface area contributed by atoms with Crippen LogP contribution in [-0.2, 0) is 0 Å². The van der Waals surface area contributed by atoms with Crippen LogP contribution in [0.1, 0.15) is 69.3 Å². The van der Waals surface area contributed by atoms with E-state index in [0.29, 0.717) is 0 Å². The molecule has 1 aliphatic rings. The van der Waals surface area contributed by atoms with Crippen LogP contribution in [0.3, 0.4) is 0 Å². The number of carbonyl (C=O) groups is 1. The Morgan fingerprint density at radius 3 is 2.05 bits per heavy atom. The second kappa shape index (κ2) is 15.2. The van der Waals surface area contributed by atoms with Crippen molar-refractivity contribution < 1.29 is 40.5 Å². The summed E-state index contributed by atoms with van der Waals surface area (Å²) in [7, 11) is 1.97. The number of allylic oxidation sites excluding steroid dienone is 4. The summed E-state index contributed by atoms with van der Waals surface area (Å²) < 4.78 is 0. The fourth-order valence-corrected chi connectivity index (χ4v) is 4.14. The standard InChI is InChI=1S/C28H35N3O5.C4H8O3/c1-7-11-13-31(6)21(10-4)18(9-3)14-20-15-22(29-16-19(20)12-8-2)30-28(36)23-26(34)24(32)17(5)25(33)27(23)35;5-4(6,7)3-1-2-3/h9-16,32-35H,7-8H2,1-6H3,(H,30,36);3,5-7H,1-2H2/b13-11+,18-9+,19-12+,20-14-,21-10-;. The molecule has 0 spiro atoms. The van der Waals surface area contributed by atoms with Gasteiger partial charge in [0.05, 0.1) is 0 Å². The Kier molecular flexibility index (Phi) is 12.4. The first-order valence-corrected chi connectivity index (χ1v) is 14.1. The van der Waals surface area contributed by atoms with E-state index < -0.39 is 40.4 Å².